The molecule has 3 aromatic carbocycles. The summed E-state index contributed by atoms with van der Waals surface area (Å²) in [5.74, 6) is -0.449. The number of fused-ring (bicyclic) bond motifs is 1. The Hall–Kier alpha value is -3.20. The van der Waals surface area contributed by atoms with Crippen molar-refractivity contribution in [3.8, 4) is 5.75 Å². The fourth-order valence-electron chi connectivity index (χ4n) is 5.45. The number of nitrogens with zero attached hydrogens (tertiary/aromatic N) is 3. The second kappa shape index (κ2) is 12.6. The first kappa shape index (κ1) is 28.9. The Bertz CT molecular complexity index is 1580. The number of halogens is 3. The minimum atomic E-state index is -1.09. The summed E-state index contributed by atoms with van der Waals surface area (Å²) in [5, 5.41) is 1.03. The molecule has 0 amide bonds. The van der Waals surface area contributed by atoms with Crippen molar-refractivity contribution in [2.24, 2.45) is 0 Å². The molecule has 3 heterocycles. The molecule has 0 bridgehead atoms. The summed E-state index contributed by atoms with van der Waals surface area (Å²) in [6.45, 7) is 5.47. The molecular formula is C33H32Cl2FN3O3. The van der Waals surface area contributed by atoms with Crippen LogP contribution in [0.5, 0.6) is 5.75 Å². The average molecular weight is 609 g/mol. The van der Waals surface area contributed by atoms with Gasteiger partial charge in [0.1, 0.15) is 24.3 Å². The zero-order valence-corrected chi connectivity index (χ0v) is 24.8. The van der Waals surface area contributed by atoms with Crippen molar-refractivity contribution in [2.45, 2.75) is 38.3 Å². The van der Waals surface area contributed by atoms with Gasteiger partial charge in [0.15, 0.2) is 0 Å². The van der Waals surface area contributed by atoms with Crippen LogP contribution in [0.1, 0.15) is 27.8 Å². The van der Waals surface area contributed by atoms with Crippen LogP contribution < -0.4 is 4.74 Å². The lowest BCUT2D eigenvalue weighted by atomic mass is 9.99. The molecule has 0 N–H and O–H groups in total. The Labute approximate surface area is 255 Å². The Morgan fingerprint density at radius 2 is 2.02 bits per heavy atom. The molecular weight excluding hydrogens is 576 g/mol. The minimum Gasteiger partial charge on any atom is -0.491 e. The highest BCUT2D eigenvalue weighted by Crippen LogP contribution is 2.40. The Morgan fingerprint density at radius 3 is 2.83 bits per heavy atom. The molecule has 9 heteroatoms. The molecule has 42 heavy (non-hydrogen) atoms. The SMILES string of the molecule is Cc1ccc(C=CCN2CCc3cc(OC[C@H]4CO[C@](Cn5ccnc5)(c5ccc(Cl)cc5Cl)O4)ccc3C2)cc1F. The van der Waals surface area contributed by atoms with E-state index < -0.39 is 5.79 Å². The standard InChI is InChI=1S/C33H32Cl2FN3O3/c1-23-4-5-24(15-32(23)36)3-2-12-38-13-10-25-16-28(8-6-26(25)18-38)40-19-29-20-41-33(42-29,21-39-14-11-37-22-39)30-9-7-27(34)17-31(30)35/h2-9,11,14-17,22,29H,10,12-13,18-21H2,1H3/t29-,33-/m0/s1. The monoisotopic (exact) mass is 607 g/mol. The first-order valence-corrected chi connectivity index (χ1v) is 14.8. The van der Waals surface area contributed by atoms with Crippen molar-refractivity contribution in [1.29, 1.82) is 0 Å². The molecule has 218 valence electrons. The van der Waals surface area contributed by atoms with Gasteiger partial charge < -0.3 is 18.8 Å². The van der Waals surface area contributed by atoms with Crippen molar-refractivity contribution < 1.29 is 18.6 Å². The van der Waals surface area contributed by atoms with Gasteiger partial charge in [0.25, 0.3) is 0 Å². The average Bonchev–Trinajstić information content (AvgIpc) is 3.64. The number of aromatic nitrogens is 2. The van der Waals surface area contributed by atoms with Gasteiger partial charge in [-0.3, -0.25) is 4.90 Å². The van der Waals surface area contributed by atoms with Gasteiger partial charge in [-0.05, 0) is 65.9 Å². The maximum atomic E-state index is 13.8. The number of imidazole rings is 1. The fourth-order valence-corrected chi connectivity index (χ4v) is 6.00. The van der Waals surface area contributed by atoms with E-state index in [1.807, 2.05) is 41.1 Å². The molecule has 0 spiro atoms. The largest absolute Gasteiger partial charge is 0.491 e. The molecule has 1 fully saturated rings. The van der Waals surface area contributed by atoms with Crippen LogP contribution in [0.2, 0.25) is 10.0 Å². The van der Waals surface area contributed by atoms with Crippen LogP contribution in [-0.4, -0.2) is 46.9 Å². The topological polar surface area (TPSA) is 48.8 Å². The highest BCUT2D eigenvalue weighted by Gasteiger charge is 2.45. The summed E-state index contributed by atoms with van der Waals surface area (Å²) >= 11 is 12.7. The number of benzene rings is 3. The molecule has 0 saturated carbocycles. The molecule has 6 rings (SSSR count). The van der Waals surface area contributed by atoms with Gasteiger partial charge in [0.05, 0.1) is 24.5 Å². The molecule has 2 aliphatic rings. The van der Waals surface area contributed by atoms with Gasteiger partial charge in [-0.1, -0.05) is 59.6 Å². The van der Waals surface area contributed by atoms with Crippen molar-refractivity contribution >= 4 is 29.3 Å². The van der Waals surface area contributed by atoms with E-state index in [1.54, 1.807) is 37.6 Å². The number of hydrogen-bond donors (Lipinski definition) is 0. The van der Waals surface area contributed by atoms with Gasteiger partial charge in [-0.2, -0.15) is 0 Å². The highest BCUT2D eigenvalue weighted by molar-refractivity contribution is 6.35. The third kappa shape index (κ3) is 6.56. The van der Waals surface area contributed by atoms with E-state index in [9.17, 15) is 4.39 Å². The quantitative estimate of drug-likeness (QED) is 0.204. The molecule has 4 aromatic rings. The maximum Gasteiger partial charge on any atom is 0.215 e. The Balaban J connectivity index is 1.06. The predicted octanol–water partition coefficient (Wildman–Crippen LogP) is 7.06. The highest BCUT2D eigenvalue weighted by atomic mass is 35.5. The van der Waals surface area contributed by atoms with Crippen LogP contribution in [0.3, 0.4) is 0 Å². The van der Waals surface area contributed by atoms with Gasteiger partial charge in [0.2, 0.25) is 5.79 Å². The van der Waals surface area contributed by atoms with Crippen LogP contribution in [0.15, 0.2) is 79.4 Å². The summed E-state index contributed by atoms with van der Waals surface area (Å²) in [4.78, 5) is 6.53. The lowest BCUT2D eigenvalue weighted by Crippen LogP contribution is -2.34. The van der Waals surface area contributed by atoms with E-state index >= 15 is 0 Å². The molecule has 2 aliphatic heterocycles. The van der Waals surface area contributed by atoms with Crippen LogP contribution in [0.25, 0.3) is 6.08 Å². The number of rotatable bonds is 9. The van der Waals surface area contributed by atoms with E-state index in [-0.39, 0.29) is 11.9 Å². The van der Waals surface area contributed by atoms with E-state index in [0.29, 0.717) is 40.9 Å². The smallest absolute Gasteiger partial charge is 0.215 e. The zero-order chi connectivity index (χ0) is 29.1. The van der Waals surface area contributed by atoms with Crippen molar-refractivity contribution in [3.63, 3.8) is 0 Å². The third-order valence-electron chi connectivity index (χ3n) is 7.73. The summed E-state index contributed by atoms with van der Waals surface area (Å²) < 4.78 is 34.7. The van der Waals surface area contributed by atoms with Crippen molar-refractivity contribution in [3.05, 3.63) is 123 Å². The first-order chi connectivity index (χ1) is 20.4. The number of aryl methyl sites for hydroxylation is 1. The third-order valence-corrected chi connectivity index (χ3v) is 8.27. The van der Waals surface area contributed by atoms with Gasteiger partial charge in [0, 0.05) is 42.6 Å². The van der Waals surface area contributed by atoms with E-state index in [0.717, 1.165) is 37.4 Å². The van der Waals surface area contributed by atoms with Crippen LogP contribution >= 0.6 is 23.2 Å². The normalized spacial score (nSPS) is 20.7. The maximum absolute atomic E-state index is 13.8. The molecule has 1 aromatic heterocycles. The van der Waals surface area contributed by atoms with E-state index in [1.165, 1.54) is 11.1 Å². The summed E-state index contributed by atoms with van der Waals surface area (Å²) in [6.07, 6.45) is 10.0. The predicted molar refractivity (Wildman–Crippen MR) is 162 cm³/mol. The number of hydrogen-bond acceptors (Lipinski definition) is 5. The molecule has 0 aliphatic carbocycles. The fraction of sp³-hybridized carbons (Fsp3) is 0.303. The van der Waals surface area contributed by atoms with Gasteiger partial charge in [-0.25, -0.2) is 9.37 Å². The second-order valence-corrected chi connectivity index (χ2v) is 11.6. The van der Waals surface area contributed by atoms with Crippen molar-refractivity contribution in [1.82, 2.24) is 14.5 Å². The lowest BCUT2D eigenvalue weighted by Gasteiger charge is -2.30. The Morgan fingerprint density at radius 1 is 1.12 bits per heavy atom. The molecule has 0 radical (unpaired) electrons. The molecule has 1 saturated heterocycles. The van der Waals surface area contributed by atoms with Crippen LogP contribution in [0, 0.1) is 12.7 Å². The Kier molecular flexibility index (Phi) is 8.65. The zero-order valence-electron chi connectivity index (χ0n) is 23.3. The number of ether oxygens (including phenoxy) is 3. The van der Waals surface area contributed by atoms with Crippen LogP contribution in [-0.2, 0) is 34.8 Å². The van der Waals surface area contributed by atoms with E-state index in [2.05, 4.69) is 28.1 Å². The molecule has 0 unspecified atom stereocenters. The summed E-state index contributed by atoms with van der Waals surface area (Å²) in [6, 6.07) is 16.9. The molecule has 2 atom stereocenters. The van der Waals surface area contributed by atoms with E-state index in [4.69, 9.17) is 37.4 Å². The lowest BCUT2D eigenvalue weighted by molar-refractivity contribution is -0.189. The van der Waals surface area contributed by atoms with Gasteiger partial charge >= 0.3 is 0 Å². The van der Waals surface area contributed by atoms with Gasteiger partial charge in [-0.15, -0.1) is 0 Å². The first-order valence-electron chi connectivity index (χ1n) is 14.0. The van der Waals surface area contributed by atoms with Crippen LogP contribution in [0.4, 0.5) is 4.39 Å². The second-order valence-electron chi connectivity index (χ2n) is 10.8. The minimum absolute atomic E-state index is 0.172. The summed E-state index contributed by atoms with van der Waals surface area (Å²) in [5.41, 5.74) is 4.84. The summed E-state index contributed by atoms with van der Waals surface area (Å²) in [7, 11) is 0. The van der Waals surface area contributed by atoms with Crippen molar-refractivity contribution in [2.75, 3.05) is 26.3 Å². The molecule has 6 nitrogen and oxygen atoms in total.